The highest BCUT2D eigenvalue weighted by atomic mass is 32.1. The van der Waals surface area contributed by atoms with Crippen molar-refractivity contribution in [2.45, 2.75) is 26.7 Å². The molecule has 31 heavy (non-hydrogen) atoms. The topological polar surface area (TPSA) is 81.5 Å². The SMILES string of the molecule is CCCc1[nH]n(-c2nc3ccccc3s2)c(=O)c1C(C)=Nc1cc(OC)ccc1OC. The molecule has 2 aromatic heterocycles. The molecular weight excluding hydrogens is 412 g/mol. The predicted octanol–water partition coefficient (Wildman–Crippen LogP) is 4.89. The molecule has 0 fully saturated rings. The molecule has 0 spiro atoms. The normalized spacial score (nSPS) is 11.8. The highest BCUT2D eigenvalue weighted by molar-refractivity contribution is 7.20. The number of hydrogen-bond donors (Lipinski definition) is 1. The lowest BCUT2D eigenvalue weighted by Gasteiger charge is -2.08. The zero-order valence-electron chi connectivity index (χ0n) is 17.9. The number of methoxy groups -OCH3 is 2. The van der Waals surface area contributed by atoms with Crippen LogP contribution in [-0.2, 0) is 6.42 Å². The van der Waals surface area contributed by atoms with Crippen LogP contribution >= 0.6 is 11.3 Å². The lowest BCUT2D eigenvalue weighted by Crippen LogP contribution is -2.19. The largest absolute Gasteiger partial charge is 0.497 e. The number of aryl methyl sites for hydroxylation is 1. The number of rotatable bonds is 7. The maximum atomic E-state index is 13.4. The van der Waals surface area contributed by atoms with Gasteiger partial charge in [-0.25, -0.2) is 9.98 Å². The Hall–Kier alpha value is -3.39. The molecule has 4 aromatic rings. The first kappa shape index (κ1) is 20.9. The number of ether oxygens (including phenoxy) is 2. The Labute approximate surface area is 184 Å². The number of para-hydroxylation sites is 1. The molecule has 0 unspecified atom stereocenters. The van der Waals surface area contributed by atoms with E-state index < -0.39 is 0 Å². The lowest BCUT2D eigenvalue weighted by molar-refractivity contribution is 0.404. The molecular formula is C23H24N4O3S. The van der Waals surface area contributed by atoms with Crippen LogP contribution in [0.15, 0.2) is 52.3 Å². The molecule has 0 bridgehead atoms. The number of fused-ring (bicyclic) bond motifs is 1. The molecule has 4 rings (SSSR count). The summed E-state index contributed by atoms with van der Waals surface area (Å²) in [5.41, 5.74) is 3.32. The van der Waals surface area contributed by atoms with E-state index in [1.807, 2.05) is 37.3 Å². The molecule has 7 nitrogen and oxygen atoms in total. The van der Waals surface area contributed by atoms with E-state index in [2.05, 4.69) is 17.0 Å². The maximum absolute atomic E-state index is 13.4. The number of benzene rings is 2. The van der Waals surface area contributed by atoms with Crippen molar-refractivity contribution in [3.63, 3.8) is 0 Å². The van der Waals surface area contributed by atoms with Crippen molar-refractivity contribution in [2.75, 3.05) is 14.2 Å². The molecule has 0 saturated carbocycles. The highest BCUT2D eigenvalue weighted by Crippen LogP contribution is 2.32. The first-order chi connectivity index (χ1) is 15.0. The Morgan fingerprint density at radius 1 is 1.19 bits per heavy atom. The van der Waals surface area contributed by atoms with Gasteiger partial charge in [0.1, 0.15) is 17.2 Å². The summed E-state index contributed by atoms with van der Waals surface area (Å²) in [4.78, 5) is 22.8. The fourth-order valence-electron chi connectivity index (χ4n) is 3.50. The zero-order chi connectivity index (χ0) is 22.0. The summed E-state index contributed by atoms with van der Waals surface area (Å²) in [6.07, 6.45) is 1.62. The molecule has 1 N–H and O–H groups in total. The Morgan fingerprint density at radius 3 is 2.71 bits per heavy atom. The van der Waals surface area contributed by atoms with Crippen LogP contribution in [0.4, 0.5) is 5.69 Å². The Bertz CT molecular complexity index is 1280. The quantitative estimate of drug-likeness (QED) is 0.419. The van der Waals surface area contributed by atoms with Crippen LogP contribution in [0.5, 0.6) is 11.5 Å². The summed E-state index contributed by atoms with van der Waals surface area (Å²) in [6, 6.07) is 13.3. The summed E-state index contributed by atoms with van der Waals surface area (Å²) < 4.78 is 13.3. The van der Waals surface area contributed by atoms with Crippen LogP contribution in [-0.4, -0.2) is 34.7 Å². The molecule has 8 heteroatoms. The van der Waals surface area contributed by atoms with Crippen LogP contribution < -0.4 is 15.0 Å². The zero-order valence-corrected chi connectivity index (χ0v) is 18.7. The predicted molar refractivity (Wildman–Crippen MR) is 125 cm³/mol. The van der Waals surface area contributed by atoms with Gasteiger partial charge in [0.2, 0.25) is 5.13 Å². The second kappa shape index (κ2) is 8.77. The molecule has 0 atom stereocenters. The van der Waals surface area contributed by atoms with Crippen LogP contribution in [0.3, 0.4) is 0 Å². The number of hydrogen-bond acceptors (Lipinski definition) is 6. The molecule has 160 valence electrons. The number of nitrogens with zero attached hydrogens (tertiary/aromatic N) is 3. The lowest BCUT2D eigenvalue weighted by atomic mass is 10.1. The summed E-state index contributed by atoms with van der Waals surface area (Å²) in [5, 5.41) is 3.87. The van der Waals surface area contributed by atoms with Crippen molar-refractivity contribution in [1.29, 1.82) is 0 Å². The summed E-state index contributed by atoms with van der Waals surface area (Å²) in [7, 11) is 3.19. The van der Waals surface area contributed by atoms with Crippen molar-refractivity contribution < 1.29 is 9.47 Å². The Kier molecular flexibility index (Phi) is 5.90. The van der Waals surface area contributed by atoms with Gasteiger partial charge in [-0.3, -0.25) is 9.89 Å². The second-order valence-corrected chi connectivity index (χ2v) is 8.06. The van der Waals surface area contributed by atoms with Gasteiger partial charge in [-0.15, -0.1) is 0 Å². The van der Waals surface area contributed by atoms with Crippen molar-refractivity contribution in [2.24, 2.45) is 4.99 Å². The van der Waals surface area contributed by atoms with Gasteiger partial charge >= 0.3 is 0 Å². The number of nitrogens with one attached hydrogen (secondary N) is 1. The molecule has 0 aliphatic rings. The van der Waals surface area contributed by atoms with Gasteiger partial charge in [0.25, 0.3) is 5.56 Å². The van der Waals surface area contributed by atoms with E-state index in [-0.39, 0.29) is 5.56 Å². The first-order valence-corrected chi connectivity index (χ1v) is 10.8. The van der Waals surface area contributed by atoms with Gasteiger partial charge in [-0.2, -0.15) is 4.68 Å². The Morgan fingerprint density at radius 2 is 2.00 bits per heavy atom. The average molecular weight is 437 g/mol. The summed E-state index contributed by atoms with van der Waals surface area (Å²) >= 11 is 1.48. The van der Waals surface area contributed by atoms with E-state index >= 15 is 0 Å². The third kappa shape index (κ3) is 3.98. The number of aromatic amines is 1. The van der Waals surface area contributed by atoms with E-state index in [0.717, 1.165) is 28.8 Å². The molecule has 0 saturated heterocycles. The minimum Gasteiger partial charge on any atom is -0.497 e. The van der Waals surface area contributed by atoms with Crippen molar-refractivity contribution in [3.05, 3.63) is 64.1 Å². The van der Waals surface area contributed by atoms with E-state index in [1.54, 1.807) is 26.4 Å². The number of H-pyrrole nitrogens is 1. The highest BCUT2D eigenvalue weighted by Gasteiger charge is 2.20. The van der Waals surface area contributed by atoms with E-state index in [9.17, 15) is 4.79 Å². The van der Waals surface area contributed by atoms with Crippen LogP contribution in [0.25, 0.3) is 15.3 Å². The second-order valence-electron chi connectivity index (χ2n) is 7.06. The van der Waals surface area contributed by atoms with Crippen LogP contribution in [0.1, 0.15) is 31.5 Å². The molecule has 0 amide bonds. The van der Waals surface area contributed by atoms with Crippen molar-refractivity contribution >= 4 is 33.0 Å². The van der Waals surface area contributed by atoms with Gasteiger partial charge < -0.3 is 9.47 Å². The molecule has 0 aliphatic heterocycles. The smallest absolute Gasteiger partial charge is 0.282 e. The summed E-state index contributed by atoms with van der Waals surface area (Å²) in [6.45, 7) is 3.92. The van der Waals surface area contributed by atoms with Gasteiger partial charge in [0.05, 0.1) is 35.7 Å². The number of aromatic nitrogens is 3. The average Bonchev–Trinajstić information content (AvgIpc) is 3.34. The van der Waals surface area contributed by atoms with Gasteiger partial charge in [0, 0.05) is 11.8 Å². The van der Waals surface area contributed by atoms with Crippen molar-refractivity contribution in [3.8, 4) is 16.6 Å². The fraction of sp³-hybridized carbons (Fsp3) is 0.261. The van der Waals surface area contributed by atoms with Crippen molar-refractivity contribution in [1.82, 2.24) is 14.8 Å². The van der Waals surface area contributed by atoms with Gasteiger partial charge in [-0.05, 0) is 37.6 Å². The Balaban J connectivity index is 1.84. The van der Waals surface area contributed by atoms with Crippen LogP contribution in [0, 0.1) is 0 Å². The number of thiazole rings is 1. The van der Waals surface area contributed by atoms with Gasteiger partial charge in [0.15, 0.2) is 0 Å². The van der Waals surface area contributed by atoms with E-state index in [1.165, 1.54) is 16.0 Å². The maximum Gasteiger partial charge on any atom is 0.282 e. The third-order valence-corrected chi connectivity index (χ3v) is 6.00. The molecule has 0 radical (unpaired) electrons. The van der Waals surface area contributed by atoms with E-state index in [0.29, 0.717) is 33.6 Å². The minimum absolute atomic E-state index is 0.161. The number of aliphatic imine (C=N–C) groups is 1. The fourth-order valence-corrected chi connectivity index (χ4v) is 4.42. The molecule has 2 aromatic carbocycles. The monoisotopic (exact) mass is 436 g/mol. The molecule has 0 aliphatic carbocycles. The molecule has 2 heterocycles. The minimum atomic E-state index is -0.161. The standard InChI is InChI=1S/C23H24N4O3S/c1-5-8-17-21(14(2)24-18-13-15(29-3)11-12-19(18)30-4)22(28)27(26-17)23-25-16-9-6-7-10-20(16)31-23/h6-7,9-13,26H,5,8H2,1-4H3. The third-order valence-electron chi connectivity index (χ3n) is 4.98. The first-order valence-electron chi connectivity index (χ1n) is 10.0. The summed E-state index contributed by atoms with van der Waals surface area (Å²) in [5.74, 6) is 1.28. The van der Waals surface area contributed by atoms with E-state index in [4.69, 9.17) is 14.5 Å². The van der Waals surface area contributed by atoms with Crippen LogP contribution in [0.2, 0.25) is 0 Å². The van der Waals surface area contributed by atoms with Gasteiger partial charge in [-0.1, -0.05) is 36.8 Å².